The van der Waals surface area contributed by atoms with Crippen LogP contribution in [0.2, 0.25) is 0 Å². The van der Waals surface area contributed by atoms with Crippen molar-refractivity contribution in [3.8, 4) is 11.1 Å². The summed E-state index contributed by atoms with van der Waals surface area (Å²) in [4.78, 5) is 17.9. The Morgan fingerprint density at radius 3 is 2.68 bits per heavy atom. The van der Waals surface area contributed by atoms with Crippen LogP contribution in [0.3, 0.4) is 0 Å². The Morgan fingerprint density at radius 1 is 1.16 bits per heavy atom. The molecule has 1 saturated heterocycles. The van der Waals surface area contributed by atoms with Crippen LogP contribution >= 0.6 is 0 Å². The van der Waals surface area contributed by atoms with E-state index in [1.165, 1.54) is 12.1 Å². The fourth-order valence-electron chi connectivity index (χ4n) is 3.36. The number of halogens is 1. The van der Waals surface area contributed by atoms with Crippen molar-refractivity contribution in [1.29, 1.82) is 0 Å². The Labute approximate surface area is 145 Å². The van der Waals surface area contributed by atoms with Crippen molar-refractivity contribution in [2.24, 2.45) is 0 Å². The fourth-order valence-corrected chi connectivity index (χ4v) is 3.36. The van der Waals surface area contributed by atoms with Gasteiger partial charge in [0.05, 0.1) is 0 Å². The molecule has 6 heteroatoms. The zero-order valence-electron chi connectivity index (χ0n) is 14.0. The molecule has 1 aliphatic heterocycles. The van der Waals surface area contributed by atoms with Crippen LogP contribution in [0.15, 0.2) is 42.6 Å². The molecule has 0 spiro atoms. The molecule has 1 amide bonds. The molecule has 0 bridgehead atoms. The normalized spacial score (nSPS) is 15.7. The number of carbonyl (C=O) groups is 1. The molecule has 3 aromatic rings. The predicted octanol–water partition coefficient (Wildman–Crippen LogP) is 3.26. The van der Waals surface area contributed by atoms with Crippen molar-refractivity contribution in [2.75, 3.05) is 13.1 Å². The van der Waals surface area contributed by atoms with Crippen molar-refractivity contribution in [1.82, 2.24) is 19.5 Å². The van der Waals surface area contributed by atoms with Gasteiger partial charge in [-0.3, -0.25) is 4.79 Å². The maximum atomic E-state index is 13.4. The van der Waals surface area contributed by atoms with E-state index in [1.54, 1.807) is 17.5 Å². The van der Waals surface area contributed by atoms with E-state index in [-0.39, 0.29) is 17.6 Å². The van der Waals surface area contributed by atoms with Crippen LogP contribution in [-0.2, 0) is 4.79 Å². The minimum Gasteiger partial charge on any atom is -0.343 e. The summed E-state index contributed by atoms with van der Waals surface area (Å²) in [6.07, 6.45) is 3.64. The van der Waals surface area contributed by atoms with Crippen LogP contribution in [0.4, 0.5) is 4.39 Å². The molecular formula is C19H19FN4O. The Bertz CT molecular complexity index is 928. The van der Waals surface area contributed by atoms with Crippen LogP contribution in [0, 0.1) is 5.82 Å². The van der Waals surface area contributed by atoms with E-state index in [1.807, 2.05) is 29.3 Å². The summed E-state index contributed by atoms with van der Waals surface area (Å²) in [5.74, 6) is 0.961. The molecule has 0 unspecified atom stereocenters. The number of piperidine rings is 1. The highest BCUT2D eigenvalue weighted by Gasteiger charge is 2.25. The van der Waals surface area contributed by atoms with Gasteiger partial charge in [0.15, 0.2) is 11.5 Å². The molecule has 1 aliphatic rings. The Balaban J connectivity index is 1.60. The number of hydrogen-bond donors (Lipinski definition) is 0. The molecule has 5 nitrogen and oxygen atoms in total. The second-order valence-electron chi connectivity index (χ2n) is 6.48. The molecule has 2 aromatic heterocycles. The third-order valence-electron chi connectivity index (χ3n) is 4.81. The third-order valence-corrected chi connectivity index (χ3v) is 4.81. The summed E-state index contributed by atoms with van der Waals surface area (Å²) < 4.78 is 15.2. The average molecular weight is 338 g/mol. The topological polar surface area (TPSA) is 50.5 Å². The second kappa shape index (κ2) is 6.27. The van der Waals surface area contributed by atoms with Crippen LogP contribution in [-0.4, -0.2) is 38.5 Å². The number of carbonyl (C=O) groups excluding carboxylic acids is 1. The molecule has 128 valence electrons. The smallest absolute Gasteiger partial charge is 0.219 e. The minimum absolute atomic E-state index is 0.126. The van der Waals surface area contributed by atoms with Crippen molar-refractivity contribution >= 4 is 11.6 Å². The molecule has 0 aliphatic carbocycles. The Kier molecular flexibility index (Phi) is 3.95. The van der Waals surface area contributed by atoms with Gasteiger partial charge in [0.25, 0.3) is 0 Å². The van der Waals surface area contributed by atoms with Gasteiger partial charge in [-0.25, -0.2) is 13.9 Å². The molecule has 0 saturated carbocycles. The highest BCUT2D eigenvalue weighted by atomic mass is 19.1. The average Bonchev–Trinajstić information content (AvgIpc) is 3.05. The maximum absolute atomic E-state index is 13.4. The summed E-state index contributed by atoms with van der Waals surface area (Å²) in [7, 11) is 0. The molecule has 0 atom stereocenters. The lowest BCUT2D eigenvalue weighted by molar-refractivity contribution is -0.129. The zero-order chi connectivity index (χ0) is 17.4. The summed E-state index contributed by atoms with van der Waals surface area (Å²) in [6, 6.07) is 10.4. The molecular weight excluding hydrogens is 319 g/mol. The van der Waals surface area contributed by atoms with E-state index in [2.05, 4.69) is 10.1 Å². The van der Waals surface area contributed by atoms with E-state index >= 15 is 0 Å². The molecule has 3 heterocycles. The van der Waals surface area contributed by atoms with Gasteiger partial charge in [-0.1, -0.05) is 12.1 Å². The van der Waals surface area contributed by atoms with Crippen molar-refractivity contribution in [2.45, 2.75) is 25.7 Å². The van der Waals surface area contributed by atoms with Gasteiger partial charge in [-0.15, -0.1) is 0 Å². The Hall–Kier alpha value is -2.76. The fraction of sp³-hybridized carbons (Fsp3) is 0.316. The standard InChI is InChI=1S/C19H19FN4O/c1-13(25)23-9-7-14(8-10-23)19-21-18-6-5-16(12-24(18)22-19)15-3-2-4-17(20)11-15/h2-6,11-12,14H,7-10H2,1H3. The summed E-state index contributed by atoms with van der Waals surface area (Å²) >= 11 is 0. The SMILES string of the molecule is CC(=O)N1CCC(c2nc3ccc(-c4cccc(F)c4)cn3n2)CC1. The second-order valence-corrected chi connectivity index (χ2v) is 6.48. The van der Waals surface area contributed by atoms with Gasteiger partial charge < -0.3 is 4.90 Å². The summed E-state index contributed by atoms with van der Waals surface area (Å²) in [5, 5.41) is 4.62. The van der Waals surface area contributed by atoms with Crippen molar-refractivity contribution < 1.29 is 9.18 Å². The zero-order valence-corrected chi connectivity index (χ0v) is 14.0. The Morgan fingerprint density at radius 2 is 1.96 bits per heavy atom. The van der Waals surface area contributed by atoms with E-state index < -0.39 is 0 Å². The lowest BCUT2D eigenvalue weighted by Gasteiger charge is -2.29. The van der Waals surface area contributed by atoms with Gasteiger partial charge in [0.1, 0.15) is 5.82 Å². The number of rotatable bonds is 2. The van der Waals surface area contributed by atoms with Crippen LogP contribution in [0.5, 0.6) is 0 Å². The molecule has 25 heavy (non-hydrogen) atoms. The summed E-state index contributed by atoms with van der Waals surface area (Å²) in [6.45, 7) is 3.12. The lowest BCUT2D eigenvalue weighted by Crippen LogP contribution is -2.36. The highest BCUT2D eigenvalue weighted by Crippen LogP contribution is 2.27. The number of hydrogen-bond acceptors (Lipinski definition) is 3. The number of likely N-dealkylation sites (tertiary alicyclic amines) is 1. The largest absolute Gasteiger partial charge is 0.343 e. The van der Waals surface area contributed by atoms with Gasteiger partial charge >= 0.3 is 0 Å². The number of pyridine rings is 1. The number of fused-ring (bicyclic) bond motifs is 1. The van der Waals surface area contributed by atoms with Gasteiger partial charge in [-0.05, 0) is 42.7 Å². The molecule has 1 aromatic carbocycles. The molecule has 0 N–H and O–H groups in total. The molecule has 4 rings (SSSR count). The van der Waals surface area contributed by atoms with E-state index in [9.17, 15) is 9.18 Å². The monoisotopic (exact) mass is 338 g/mol. The van der Waals surface area contributed by atoms with E-state index in [0.29, 0.717) is 0 Å². The first kappa shape index (κ1) is 15.7. The first-order chi connectivity index (χ1) is 12.1. The number of benzene rings is 1. The molecule has 0 radical (unpaired) electrons. The van der Waals surface area contributed by atoms with Crippen molar-refractivity contribution in [3.05, 3.63) is 54.2 Å². The summed E-state index contributed by atoms with van der Waals surface area (Å²) in [5.41, 5.74) is 2.49. The minimum atomic E-state index is -0.255. The number of amides is 1. The third kappa shape index (κ3) is 3.12. The van der Waals surface area contributed by atoms with E-state index in [0.717, 1.165) is 48.5 Å². The van der Waals surface area contributed by atoms with E-state index in [4.69, 9.17) is 0 Å². The maximum Gasteiger partial charge on any atom is 0.219 e. The molecule has 1 fully saturated rings. The first-order valence-corrected chi connectivity index (χ1v) is 8.48. The first-order valence-electron chi connectivity index (χ1n) is 8.48. The van der Waals surface area contributed by atoms with Gasteiger partial charge in [0.2, 0.25) is 5.91 Å². The highest BCUT2D eigenvalue weighted by molar-refractivity contribution is 5.73. The predicted molar refractivity (Wildman–Crippen MR) is 92.6 cm³/mol. The lowest BCUT2D eigenvalue weighted by atomic mass is 9.96. The number of nitrogens with zero attached hydrogens (tertiary/aromatic N) is 4. The van der Waals surface area contributed by atoms with Crippen LogP contribution < -0.4 is 0 Å². The van der Waals surface area contributed by atoms with Gasteiger partial charge in [-0.2, -0.15) is 5.10 Å². The van der Waals surface area contributed by atoms with Crippen molar-refractivity contribution in [3.63, 3.8) is 0 Å². The van der Waals surface area contributed by atoms with Crippen LogP contribution in [0.1, 0.15) is 31.5 Å². The van der Waals surface area contributed by atoms with Crippen LogP contribution in [0.25, 0.3) is 16.8 Å². The quantitative estimate of drug-likeness (QED) is 0.721. The van der Waals surface area contributed by atoms with Gasteiger partial charge in [0, 0.05) is 37.7 Å². The number of aromatic nitrogens is 3.